The van der Waals surface area contributed by atoms with Crippen LogP contribution in [0, 0.1) is 17.8 Å². The highest BCUT2D eigenvalue weighted by atomic mass is 16.1. The highest BCUT2D eigenvalue weighted by molar-refractivity contribution is 5.76. The largest absolute Gasteiger partial charge is 0.353 e. The lowest BCUT2D eigenvalue weighted by Crippen LogP contribution is -2.40. The summed E-state index contributed by atoms with van der Waals surface area (Å²) in [5, 5.41) is 3.22. The Hall–Kier alpha value is -1.38. The molecule has 1 aromatic heterocycles. The van der Waals surface area contributed by atoms with Crippen LogP contribution in [0.4, 0.5) is 0 Å². The van der Waals surface area contributed by atoms with Gasteiger partial charge in [-0.25, -0.2) is 0 Å². The molecule has 4 unspecified atom stereocenters. The number of hydrogen-bond donors (Lipinski definition) is 1. The van der Waals surface area contributed by atoms with E-state index in [9.17, 15) is 4.79 Å². The van der Waals surface area contributed by atoms with Crippen LogP contribution in [-0.4, -0.2) is 16.9 Å². The minimum Gasteiger partial charge on any atom is -0.353 e. The van der Waals surface area contributed by atoms with E-state index >= 15 is 0 Å². The van der Waals surface area contributed by atoms with Crippen LogP contribution in [0.1, 0.15) is 44.6 Å². The van der Waals surface area contributed by atoms with Gasteiger partial charge in [0, 0.05) is 24.9 Å². The number of hydrogen-bond acceptors (Lipinski definition) is 2. The number of carbonyl (C=O) groups is 1. The molecule has 1 N–H and O–H groups in total. The molecular formula is C17H24N2O. The lowest BCUT2D eigenvalue weighted by molar-refractivity contribution is -0.122. The SMILES string of the molecule is CC(NC(=O)CCc1ccncc1)C1CC2CCC1C2. The Labute approximate surface area is 121 Å². The fraction of sp³-hybridized carbons (Fsp3) is 0.647. The van der Waals surface area contributed by atoms with E-state index in [1.54, 1.807) is 12.4 Å². The molecule has 3 rings (SSSR count). The Balaban J connectivity index is 1.44. The number of carbonyl (C=O) groups excluding carboxylic acids is 1. The number of fused-ring (bicyclic) bond motifs is 2. The van der Waals surface area contributed by atoms with Gasteiger partial charge in [-0.2, -0.15) is 0 Å². The summed E-state index contributed by atoms with van der Waals surface area (Å²) in [6, 6.07) is 4.30. The van der Waals surface area contributed by atoms with Gasteiger partial charge in [0.15, 0.2) is 0 Å². The lowest BCUT2D eigenvalue weighted by Gasteiger charge is -2.28. The third-order valence-electron chi connectivity index (χ3n) is 5.21. The second-order valence-corrected chi connectivity index (χ2v) is 6.55. The van der Waals surface area contributed by atoms with Crippen LogP contribution in [0.15, 0.2) is 24.5 Å². The maximum Gasteiger partial charge on any atom is 0.220 e. The van der Waals surface area contributed by atoms with Gasteiger partial charge in [0.05, 0.1) is 0 Å². The van der Waals surface area contributed by atoms with Crippen molar-refractivity contribution in [1.29, 1.82) is 0 Å². The molecule has 4 atom stereocenters. The smallest absolute Gasteiger partial charge is 0.220 e. The molecule has 1 heterocycles. The number of nitrogens with one attached hydrogen (secondary N) is 1. The number of amides is 1. The van der Waals surface area contributed by atoms with Crippen LogP contribution in [-0.2, 0) is 11.2 Å². The molecule has 20 heavy (non-hydrogen) atoms. The standard InChI is InChI=1S/C17H24N2O/c1-12(16-11-14-2-4-15(16)10-14)19-17(20)5-3-13-6-8-18-9-7-13/h6-9,12,14-16H,2-5,10-11H2,1H3,(H,19,20). The van der Waals surface area contributed by atoms with Crippen molar-refractivity contribution in [3.8, 4) is 0 Å². The van der Waals surface area contributed by atoms with Crippen molar-refractivity contribution in [2.24, 2.45) is 17.8 Å². The van der Waals surface area contributed by atoms with E-state index in [0.29, 0.717) is 12.5 Å². The van der Waals surface area contributed by atoms with E-state index in [1.165, 1.54) is 31.2 Å². The van der Waals surface area contributed by atoms with Crippen molar-refractivity contribution in [2.75, 3.05) is 0 Å². The predicted molar refractivity (Wildman–Crippen MR) is 79.1 cm³/mol. The Bertz CT molecular complexity index is 459. The predicted octanol–water partition coefficient (Wildman–Crippen LogP) is 2.96. The lowest BCUT2D eigenvalue weighted by atomic mass is 9.84. The average Bonchev–Trinajstić information content (AvgIpc) is 3.09. The zero-order valence-corrected chi connectivity index (χ0v) is 12.2. The third kappa shape index (κ3) is 3.02. The Morgan fingerprint density at radius 2 is 2.15 bits per heavy atom. The number of nitrogens with zero attached hydrogens (tertiary/aromatic N) is 1. The molecule has 0 saturated heterocycles. The Morgan fingerprint density at radius 3 is 2.80 bits per heavy atom. The number of aryl methyl sites for hydroxylation is 1. The molecule has 2 saturated carbocycles. The van der Waals surface area contributed by atoms with Crippen LogP contribution in [0.2, 0.25) is 0 Å². The quantitative estimate of drug-likeness (QED) is 0.895. The molecule has 2 aliphatic carbocycles. The van der Waals surface area contributed by atoms with Crippen molar-refractivity contribution in [3.05, 3.63) is 30.1 Å². The summed E-state index contributed by atoms with van der Waals surface area (Å²) in [6.45, 7) is 2.19. The third-order valence-corrected chi connectivity index (χ3v) is 5.21. The highest BCUT2D eigenvalue weighted by Crippen LogP contribution is 2.49. The summed E-state index contributed by atoms with van der Waals surface area (Å²) < 4.78 is 0. The molecule has 108 valence electrons. The average molecular weight is 272 g/mol. The fourth-order valence-electron chi connectivity index (χ4n) is 4.15. The van der Waals surface area contributed by atoms with Crippen molar-refractivity contribution in [2.45, 2.75) is 51.5 Å². The van der Waals surface area contributed by atoms with E-state index in [1.807, 2.05) is 12.1 Å². The van der Waals surface area contributed by atoms with Gasteiger partial charge in [-0.1, -0.05) is 6.42 Å². The zero-order chi connectivity index (χ0) is 13.9. The van der Waals surface area contributed by atoms with Gasteiger partial charge in [-0.3, -0.25) is 9.78 Å². The van der Waals surface area contributed by atoms with Gasteiger partial charge < -0.3 is 5.32 Å². The Morgan fingerprint density at radius 1 is 1.35 bits per heavy atom. The van der Waals surface area contributed by atoms with Crippen LogP contribution < -0.4 is 5.32 Å². The summed E-state index contributed by atoms with van der Waals surface area (Å²) in [5.74, 6) is 2.73. The summed E-state index contributed by atoms with van der Waals surface area (Å²) in [6.07, 6.45) is 10.5. The van der Waals surface area contributed by atoms with Gasteiger partial charge in [0.25, 0.3) is 0 Å². The molecule has 2 fully saturated rings. The molecular weight excluding hydrogens is 248 g/mol. The molecule has 1 aromatic rings. The summed E-state index contributed by atoms with van der Waals surface area (Å²) >= 11 is 0. The number of pyridine rings is 1. The van der Waals surface area contributed by atoms with E-state index in [4.69, 9.17) is 0 Å². The topological polar surface area (TPSA) is 42.0 Å². The molecule has 2 aliphatic rings. The summed E-state index contributed by atoms with van der Waals surface area (Å²) in [5.41, 5.74) is 1.18. The van der Waals surface area contributed by atoms with Gasteiger partial charge in [-0.05, 0) is 68.1 Å². The van der Waals surface area contributed by atoms with Crippen LogP contribution in [0.3, 0.4) is 0 Å². The monoisotopic (exact) mass is 272 g/mol. The van der Waals surface area contributed by atoms with E-state index in [2.05, 4.69) is 17.2 Å². The number of aromatic nitrogens is 1. The van der Waals surface area contributed by atoms with E-state index in [-0.39, 0.29) is 5.91 Å². The van der Waals surface area contributed by atoms with Crippen molar-refractivity contribution in [3.63, 3.8) is 0 Å². The maximum atomic E-state index is 12.1. The Kier molecular flexibility index (Phi) is 4.04. The minimum absolute atomic E-state index is 0.192. The molecule has 0 spiro atoms. The molecule has 3 nitrogen and oxygen atoms in total. The van der Waals surface area contributed by atoms with Crippen molar-refractivity contribution in [1.82, 2.24) is 10.3 Å². The first kappa shape index (κ1) is 13.6. The van der Waals surface area contributed by atoms with E-state index < -0.39 is 0 Å². The van der Waals surface area contributed by atoms with Crippen molar-refractivity contribution < 1.29 is 4.79 Å². The molecule has 3 heteroatoms. The summed E-state index contributed by atoms with van der Waals surface area (Å²) in [7, 11) is 0. The fourth-order valence-corrected chi connectivity index (χ4v) is 4.15. The summed E-state index contributed by atoms with van der Waals surface area (Å²) in [4.78, 5) is 16.1. The number of rotatable bonds is 5. The van der Waals surface area contributed by atoms with Crippen LogP contribution in [0.5, 0.6) is 0 Å². The first-order valence-electron chi connectivity index (χ1n) is 7.90. The van der Waals surface area contributed by atoms with Crippen LogP contribution in [0.25, 0.3) is 0 Å². The van der Waals surface area contributed by atoms with Crippen LogP contribution >= 0.6 is 0 Å². The molecule has 0 aromatic carbocycles. The first-order chi connectivity index (χ1) is 9.72. The zero-order valence-electron chi connectivity index (χ0n) is 12.2. The molecule has 1 amide bonds. The maximum absolute atomic E-state index is 12.1. The minimum atomic E-state index is 0.192. The van der Waals surface area contributed by atoms with Crippen molar-refractivity contribution >= 4 is 5.91 Å². The van der Waals surface area contributed by atoms with Gasteiger partial charge in [0.2, 0.25) is 5.91 Å². The normalized spacial score (nSPS) is 29.4. The first-order valence-corrected chi connectivity index (χ1v) is 7.90. The van der Waals surface area contributed by atoms with Gasteiger partial charge in [-0.15, -0.1) is 0 Å². The van der Waals surface area contributed by atoms with Gasteiger partial charge >= 0.3 is 0 Å². The van der Waals surface area contributed by atoms with E-state index in [0.717, 1.165) is 24.2 Å². The molecule has 2 bridgehead atoms. The second kappa shape index (κ2) is 5.94. The highest BCUT2D eigenvalue weighted by Gasteiger charge is 2.41. The molecule has 0 radical (unpaired) electrons. The molecule has 0 aliphatic heterocycles. The van der Waals surface area contributed by atoms with Gasteiger partial charge in [0.1, 0.15) is 0 Å². The second-order valence-electron chi connectivity index (χ2n) is 6.55.